The minimum Gasteiger partial charge on any atom is -0.457 e. The Morgan fingerprint density at radius 3 is 2.27 bits per heavy atom. The lowest BCUT2D eigenvalue weighted by atomic mass is 10.1. The van der Waals surface area contributed by atoms with E-state index < -0.39 is 29.6 Å². The van der Waals surface area contributed by atoms with Gasteiger partial charge in [-0.15, -0.1) is 0 Å². The van der Waals surface area contributed by atoms with Gasteiger partial charge in [0.1, 0.15) is 11.5 Å². The van der Waals surface area contributed by atoms with Crippen molar-refractivity contribution >= 4 is 5.97 Å². The molecule has 1 aliphatic carbocycles. The predicted molar refractivity (Wildman–Crippen MR) is 108 cm³/mol. The zero-order valence-electron chi connectivity index (χ0n) is 17.4. The van der Waals surface area contributed by atoms with Crippen LogP contribution in [0.4, 0.5) is 13.2 Å². The zero-order valence-corrected chi connectivity index (χ0v) is 17.4. The van der Waals surface area contributed by atoms with Crippen molar-refractivity contribution in [3.05, 3.63) is 71.8 Å². The summed E-state index contributed by atoms with van der Waals surface area (Å²) in [7, 11) is 0. The molecule has 3 rings (SSSR count). The van der Waals surface area contributed by atoms with E-state index in [0.29, 0.717) is 5.75 Å². The molecule has 30 heavy (non-hydrogen) atoms. The molecule has 3 atom stereocenters. The number of carbonyl (C=O) groups is 1. The molecule has 0 N–H and O–H groups in total. The topological polar surface area (TPSA) is 35.5 Å². The molecular formula is C24H25F3O3. The van der Waals surface area contributed by atoms with Gasteiger partial charge < -0.3 is 9.47 Å². The highest BCUT2D eigenvalue weighted by Crippen LogP contribution is 2.60. The number of rotatable bonds is 6. The van der Waals surface area contributed by atoms with Gasteiger partial charge in [0.2, 0.25) is 6.10 Å². The lowest BCUT2D eigenvalue weighted by molar-refractivity contribution is -0.225. The summed E-state index contributed by atoms with van der Waals surface area (Å²) in [5.74, 6) is -0.825. The van der Waals surface area contributed by atoms with Crippen molar-refractivity contribution < 1.29 is 27.4 Å². The molecule has 0 saturated heterocycles. The molecule has 0 aromatic heterocycles. The van der Waals surface area contributed by atoms with E-state index in [1.54, 1.807) is 30.3 Å². The lowest BCUT2D eigenvalue weighted by Crippen LogP contribution is -2.27. The van der Waals surface area contributed by atoms with Gasteiger partial charge in [-0.05, 0) is 49.4 Å². The van der Waals surface area contributed by atoms with Crippen molar-refractivity contribution in [3.8, 4) is 11.5 Å². The standard InChI is InChI=1S/C24H25F3O3/c1-15(2)13-19-20(23(19,3)4)22(28)30-21(24(25,26)27)16-9-8-12-18(14-16)29-17-10-6-5-7-11-17/h5-14,19-21H,1-4H3. The van der Waals surface area contributed by atoms with Crippen LogP contribution in [0.2, 0.25) is 0 Å². The van der Waals surface area contributed by atoms with Crippen LogP contribution in [0.5, 0.6) is 11.5 Å². The van der Waals surface area contributed by atoms with E-state index in [9.17, 15) is 18.0 Å². The van der Waals surface area contributed by atoms with Crippen LogP contribution in [0.15, 0.2) is 66.2 Å². The monoisotopic (exact) mass is 418 g/mol. The number of para-hydroxylation sites is 1. The molecular weight excluding hydrogens is 393 g/mol. The molecule has 0 radical (unpaired) electrons. The normalized spacial score (nSPS) is 20.8. The Balaban J connectivity index is 1.81. The molecule has 0 bridgehead atoms. The van der Waals surface area contributed by atoms with Gasteiger partial charge in [0.25, 0.3) is 0 Å². The van der Waals surface area contributed by atoms with Crippen molar-refractivity contribution in [2.75, 3.05) is 0 Å². The third-order valence-corrected chi connectivity index (χ3v) is 5.35. The quantitative estimate of drug-likeness (QED) is 0.380. The maximum Gasteiger partial charge on any atom is 0.429 e. The summed E-state index contributed by atoms with van der Waals surface area (Å²) in [5.41, 5.74) is 0.408. The lowest BCUT2D eigenvalue weighted by Gasteiger charge is -2.22. The van der Waals surface area contributed by atoms with Crippen molar-refractivity contribution in [1.29, 1.82) is 0 Å². The molecule has 160 valence electrons. The summed E-state index contributed by atoms with van der Waals surface area (Å²) in [6.45, 7) is 7.51. The van der Waals surface area contributed by atoms with Crippen LogP contribution in [0.3, 0.4) is 0 Å². The van der Waals surface area contributed by atoms with E-state index in [1.165, 1.54) is 18.2 Å². The second-order valence-electron chi connectivity index (χ2n) is 8.41. The highest BCUT2D eigenvalue weighted by molar-refractivity contribution is 5.78. The Morgan fingerprint density at radius 1 is 1.03 bits per heavy atom. The molecule has 6 heteroatoms. The minimum absolute atomic E-state index is 0.128. The van der Waals surface area contributed by atoms with E-state index >= 15 is 0 Å². The average molecular weight is 418 g/mol. The summed E-state index contributed by atoms with van der Waals surface area (Å²) in [5, 5.41) is 0. The van der Waals surface area contributed by atoms with Crippen molar-refractivity contribution in [2.24, 2.45) is 17.3 Å². The maximum atomic E-state index is 13.8. The number of benzene rings is 2. The van der Waals surface area contributed by atoms with E-state index in [4.69, 9.17) is 9.47 Å². The number of hydrogen-bond donors (Lipinski definition) is 0. The van der Waals surface area contributed by atoms with Crippen LogP contribution in [-0.4, -0.2) is 12.1 Å². The molecule has 1 saturated carbocycles. The predicted octanol–water partition coefficient (Wildman–Crippen LogP) is 6.86. The molecule has 0 heterocycles. The number of carbonyl (C=O) groups excluding carboxylic acids is 1. The molecule has 3 unspecified atom stereocenters. The molecule has 3 nitrogen and oxygen atoms in total. The van der Waals surface area contributed by atoms with Gasteiger partial charge in [-0.25, -0.2) is 0 Å². The first-order chi connectivity index (χ1) is 14.0. The summed E-state index contributed by atoms with van der Waals surface area (Å²) in [6.07, 6.45) is -5.18. The fraction of sp³-hybridized carbons (Fsp3) is 0.375. The summed E-state index contributed by atoms with van der Waals surface area (Å²) in [4.78, 5) is 12.6. The van der Waals surface area contributed by atoms with Crippen molar-refractivity contribution in [1.82, 2.24) is 0 Å². The van der Waals surface area contributed by atoms with Crippen LogP contribution in [-0.2, 0) is 9.53 Å². The SMILES string of the molecule is CC(C)=CC1C(C(=O)OC(c2cccc(Oc3ccccc3)c2)C(F)(F)F)C1(C)C. The Kier molecular flexibility index (Phi) is 5.97. The Morgan fingerprint density at radius 2 is 1.67 bits per heavy atom. The Labute approximate surface area is 174 Å². The largest absolute Gasteiger partial charge is 0.457 e. The number of allylic oxidation sites excluding steroid dienone is 2. The van der Waals surface area contributed by atoms with Gasteiger partial charge in [-0.3, -0.25) is 4.79 Å². The van der Waals surface area contributed by atoms with Crippen LogP contribution < -0.4 is 4.74 Å². The van der Waals surface area contributed by atoms with Gasteiger partial charge in [0, 0.05) is 5.56 Å². The molecule has 2 aromatic rings. The van der Waals surface area contributed by atoms with Crippen LogP contribution in [0.1, 0.15) is 39.4 Å². The van der Waals surface area contributed by atoms with Crippen LogP contribution in [0.25, 0.3) is 0 Å². The van der Waals surface area contributed by atoms with Crippen LogP contribution in [0, 0.1) is 17.3 Å². The van der Waals surface area contributed by atoms with E-state index in [-0.39, 0.29) is 17.2 Å². The number of hydrogen-bond acceptors (Lipinski definition) is 3. The first-order valence-electron chi connectivity index (χ1n) is 9.75. The van der Waals surface area contributed by atoms with Gasteiger partial charge >= 0.3 is 12.1 Å². The highest BCUT2D eigenvalue weighted by atomic mass is 19.4. The molecule has 1 aliphatic rings. The highest BCUT2D eigenvalue weighted by Gasteiger charge is 2.62. The molecule has 0 spiro atoms. The first kappa shape index (κ1) is 21.9. The van der Waals surface area contributed by atoms with Gasteiger partial charge in [-0.2, -0.15) is 13.2 Å². The van der Waals surface area contributed by atoms with Crippen molar-refractivity contribution in [3.63, 3.8) is 0 Å². The fourth-order valence-corrected chi connectivity index (χ4v) is 3.68. The molecule has 1 fully saturated rings. The third kappa shape index (κ3) is 4.86. The smallest absolute Gasteiger partial charge is 0.429 e. The van der Waals surface area contributed by atoms with Gasteiger partial charge in [-0.1, -0.05) is 55.8 Å². The number of alkyl halides is 3. The van der Waals surface area contributed by atoms with Crippen LogP contribution >= 0.6 is 0 Å². The number of ether oxygens (including phenoxy) is 2. The Hall–Kier alpha value is -2.76. The van der Waals surface area contributed by atoms with E-state index in [0.717, 1.165) is 5.57 Å². The van der Waals surface area contributed by atoms with Crippen molar-refractivity contribution in [2.45, 2.75) is 40.0 Å². The van der Waals surface area contributed by atoms with Gasteiger partial charge in [0.15, 0.2) is 0 Å². The summed E-state index contributed by atoms with van der Waals surface area (Å²) >= 11 is 0. The molecule has 0 aliphatic heterocycles. The minimum atomic E-state index is -4.74. The number of esters is 1. The molecule has 2 aromatic carbocycles. The summed E-state index contributed by atoms with van der Waals surface area (Å²) < 4.78 is 52.0. The number of halogens is 3. The zero-order chi connectivity index (χ0) is 22.1. The second kappa shape index (κ2) is 8.17. The molecule has 0 amide bonds. The Bertz CT molecular complexity index is 928. The third-order valence-electron chi connectivity index (χ3n) is 5.35. The van der Waals surface area contributed by atoms with E-state index in [2.05, 4.69) is 0 Å². The van der Waals surface area contributed by atoms with E-state index in [1.807, 2.05) is 39.8 Å². The second-order valence-corrected chi connectivity index (χ2v) is 8.41. The fourth-order valence-electron chi connectivity index (χ4n) is 3.68. The maximum absolute atomic E-state index is 13.8. The van der Waals surface area contributed by atoms with Gasteiger partial charge in [0.05, 0.1) is 5.92 Å². The average Bonchev–Trinajstić information content (AvgIpc) is 3.19. The summed E-state index contributed by atoms with van der Waals surface area (Å²) in [6, 6.07) is 14.3. The first-order valence-corrected chi connectivity index (χ1v) is 9.75.